The fraction of sp³-hybridized carbons (Fsp3) is 0.176. The second kappa shape index (κ2) is 7.59. The smallest absolute Gasteiger partial charge is 0.135 e. The first-order valence-electron chi connectivity index (χ1n) is 6.35. The van der Waals surface area contributed by atoms with Crippen LogP contribution < -0.4 is 4.74 Å². The molecule has 102 valence electrons. The van der Waals surface area contributed by atoms with Gasteiger partial charge in [0.1, 0.15) is 12.4 Å². The lowest BCUT2D eigenvalue weighted by molar-refractivity contribution is 0.304. The number of hydrogen-bond donors (Lipinski definition) is 1. The SMILES string of the molecule is OCCC#Cc1ccccc1OCc1ccc(Cl)cc1. The summed E-state index contributed by atoms with van der Waals surface area (Å²) >= 11 is 5.85. The molecule has 0 aromatic heterocycles. The molecular formula is C17H15ClO2. The first kappa shape index (κ1) is 14.5. The Labute approximate surface area is 124 Å². The minimum absolute atomic E-state index is 0.0702. The Morgan fingerprint density at radius 3 is 2.55 bits per heavy atom. The number of benzene rings is 2. The Morgan fingerprint density at radius 1 is 1.05 bits per heavy atom. The molecule has 3 heteroatoms. The number of halogens is 1. The molecule has 0 aliphatic rings. The molecule has 2 nitrogen and oxygen atoms in total. The lowest BCUT2D eigenvalue weighted by Crippen LogP contribution is -1.97. The van der Waals surface area contributed by atoms with Gasteiger partial charge < -0.3 is 9.84 Å². The zero-order valence-electron chi connectivity index (χ0n) is 11.0. The average molecular weight is 287 g/mol. The Kier molecular flexibility index (Phi) is 5.49. The molecule has 20 heavy (non-hydrogen) atoms. The molecule has 2 aromatic rings. The van der Waals surface area contributed by atoms with Gasteiger partial charge in [0.25, 0.3) is 0 Å². The third-order valence-electron chi connectivity index (χ3n) is 2.65. The third kappa shape index (κ3) is 4.31. The molecule has 0 atom stereocenters. The number of ether oxygens (including phenoxy) is 1. The van der Waals surface area contributed by atoms with E-state index in [1.54, 1.807) is 0 Å². The van der Waals surface area contributed by atoms with Gasteiger partial charge in [0, 0.05) is 11.4 Å². The van der Waals surface area contributed by atoms with Crippen molar-refractivity contribution in [2.45, 2.75) is 13.0 Å². The Morgan fingerprint density at radius 2 is 1.80 bits per heavy atom. The van der Waals surface area contributed by atoms with Crippen LogP contribution in [0.4, 0.5) is 0 Å². The van der Waals surface area contributed by atoms with Crippen LogP contribution in [0.3, 0.4) is 0 Å². The minimum Gasteiger partial charge on any atom is -0.488 e. The van der Waals surface area contributed by atoms with Crippen molar-refractivity contribution in [2.24, 2.45) is 0 Å². The second-order valence-corrected chi connectivity index (χ2v) is 4.62. The van der Waals surface area contributed by atoms with E-state index in [0.29, 0.717) is 18.1 Å². The molecule has 0 aliphatic carbocycles. The fourth-order valence-electron chi connectivity index (χ4n) is 1.65. The third-order valence-corrected chi connectivity index (χ3v) is 2.91. The Bertz CT molecular complexity index is 609. The summed E-state index contributed by atoms with van der Waals surface area (Å²) in [6.45, 7) is 0.538. The molecule has 0 bridgehead atoms. The van der Waals surface area contributed by atoms with E-state index in [-0.39, 0.29) is 6.61 Å². The molecule has 0 unspecified atom stereocenters. The summed E-state index contributed by atoms with van der Waals surface area (Å²) in [6.07, 6.45) is 0.464. The van der Waals surface area contributed by atoms with Crippen LogP contribution in [0.2, 0.25) is 5.02 Å². The Hall–Kier alpha value is -1.95. The number of aliphatic hydroxyl groups excluding tert-OH is 1. The van der Waals surface area contributed by atoms with Crippen LogP contribution in [0.15, 0.2) is 48.5 Å². The van der Waals surface area contributed by atoms with Crippen LogP contribution in [-0.4, -0.2) is 11.7 Å². The summed E-state index contributed by atoms with van der Waals surface area (Å²) < 4.78 is 5.79. The number of rotatable bonds is 4. The molecule has 1 N–H and O–H groups in total. The van der Waals surface area contributed by atoms with Crippen molar-refractivity contribution in [3.8, 4) is 17.6 Å². The highest BCUT2D eigenvalue weighted by atomic mass is 35.5. The van der Waals surface area contributed by atoms with Gasteiger partial charge >= 0.3 is 0 Å². The molecule has 2 rings (SSSR count). The molecular weight excluding hydrogens is 272 g/mol. The molecule has 0 saturated heterocycles. The van der Waals surface area contributed by atoms with Gasteiger partial charge in [-0.25, -0.2) is 0 Å². The summed E-state index contributed by atoms with van der Waals surface area (Å²) in [4.78, 5) is 0. The molecule has 0 saturated carbocycles. The maximum Gasteiger partial charge on any atom is 0.135 e. The normalized spacial score (nSPS) is 9.70. The minimum atomic E-state index is 0.0702. The standard InChI is InChI=1S/C17H15ClO2/c18-16-10-8-14(9-11-16)13-20-17-7-2-1-5-15(17)6-3-4-12-19/h1-2,5,7-11,19H,4,12-13H2. The first-order chi connectivity index (χ1) is 9.79. The van der Waals surface area contributed by atoms with E-state index < -0.39 is 0 Å². The lowest BCUT2D eigenvalue weighted by Gasteiger charge is -2.08. The molecule has 0 heterocycles. The van der Waals surface area contributed by atoms with Crippen molar-refractivity contribution in [3.63, 3.8) is 0 Å². The van der Waals surface area contributed by atoms with Gasteiger partial charge in [0.15, 0.2) is 0 Å². The lowest BCUT2D eigenvalue weighted by atomic mass is 10.2. The van der Waals surface area contributed by atoms with Crippen LogP contribution in [-0.2, 0) is 6.61 Å². The highest BCUT2D eigenvalue weighted by Gasteiger charge is 2.01. The van der Waals surface area contributed by atoms with Crippen LogP contribution in [0, 0.1) is 11.8 Å². The molecule has 0 amide bonds. The largest absolute Gasteiger partial charge is 0.488 e. The zero-order valence-corrected chi connectivity index (χ0v) is 11.7. The van der Waals surface area contributed by atoms with Gasteiger partial charge in [-0.05, 0) is 29.8 Å². The van der Waals surface area contributed by atoms with E-state index in [0.717, 1.165) is 16.9 Å². The Balaban J connectivity index is 2.06. The quantitative estimate of drug-likeness (QED) is 0.869. The van der Waals surface area contributed by atoms with Gasteiger partial charge in [-0.15, -0.1) is 0 Å². The topological polar surface area (TPSA) is 29.5 Å². The molecule has 0 fully saturated rings. The van der Waals surface area contributed by atoms with Gasteiger partial charge in [-0.1, -0.05) is 47.7 Å². The van der Waals surface area contributed by atoms with Gasteiger partial charge in [0.2, 0.25) is 0 Å². The van der Waals surface area contributed by atoms with Crippen LogP contribution in [0.25, 0.3) is 0 Å². The van der Waals surface area contributed by atoms with Crippen molar-refractivity contribution >= 4 is 11.6 Å². The van der Waals surface area contributed by atoms with Gasteiger partial charge in [-0.3, -0.25) is 0 Å². The van der Waals surface area contributed by atoms with Gasteiger partial charge in [-0.2, -0.15) is 0 Å². The zero-order chi connectivity index (χ0) is 14.2. The molecule has 0 spiro atoms. The maximum absolute atomic E-state index is 8.74. The number of aliphatic hydroxyl groups is 1. The average Bonchev–Trinajstić information content (AvgIpc) is 2.48. The number of para-hydroxylation sites is 1. The van der Waals surface area contributed by atoms with Crippen molar-refractivity contribution in [1.82, 2.24) is 0 Å². The van der Waals surface area contributed by atoms with E-state index in [4.69, 9.17) is 21.4 Å². The van der Waals surface area contributed by atoms with E-state index in [1.807, 2.05) is 48.5 Å². The summed E-state index contributed by atoms with van der Waals surface area (Å²) in [6, 6.07) is 15.2. The number of hydrogen-bond acceptors (Lipinski definition) is 2. The second-order valence-electron chi connectivity index (χ2n) is 4.19. The van der Waals surface area contributed by atoms with Crippen LogP contribution >= 0.6 is 11.6 Å². The highest BCUT2D eigenvalue weighted by Crippen LogP contribution is 2.19. The van der Waals surface area contributed by atoms with E-state index in [2.05, 4.69) is 11.8 Å². The van der Waals surface area contributed by atoms with Gasteiger partial charge in [0.05, 0.1) is 12.2 Å². The summed E-state index contributed by atoms with van der Waals surface area (Å²) in [5.41, 5.74) is 1.88. The van der Waals surface area contributed by atoms with Crippen molar-refractivity contribution < 1.29 is 9.84 Å². The molecule has 0 radical (unpaired) electrons. The summed E-state index contributed by atoms with van der Waals surface area (Å²) in [5, 5.41) is 9.46. The molecule has 2 aromatic carbocycles. The van der Waals surface area contributed by atoms with Crippen molar-refractivity contribution in [2.75, 3.05) is 6.61 Å². The van der Waals surface area contributed by atoms with Crippen molar-refractivity contribution in [1.29, 1.82) is 0 Å². The predicted octanol–water partition coefficient (Wildman–Crippen LogP) is 3.65. The van der Waals surface area contributed by atoms with E-state index in [9.17, 15) is 0 Å². The predicted molar refractivity (Wildman–Crippen MR) is 80.8 cm³/mol. The highest BCUT2D eigenvalue weighted by molar-refractivity contribution is 6.30. The first-order valence-corrected chi connectivity index (χ1v) is 6.73. The summed E-state index contributed by atoms with van der Waals surface area (Å²) in [5.74, 6) is 6.65. The van der Waals surface area contributed by atoms with E-state index >= 15 is 0 Å². The van der Waals surface area contributed by atoms with Crippen LogP contribution in [0.5, 0.6) is 5.75 Å². The molecule has 0 aliphatic heterocycles. The fourth-order valence-corrected chi connectivity index (χ4v) is 1.78. The maximum atomic E-state index is 8.74. The summed E-state index contributed by atoms with van der Waals surface area (Å²) in [7, 11) is 0. The van der Waals surface area contributed by atoms with E-state index in [1.165, 1.54) is 0 Å². The van der Waals surface area contributed by atoms with Crippen LogP contribution in [0.1, 0.15) is 17.5 Å². The monoisotopic (exact) mass is 286 g/mol. The van der Waals surface area contributed by atoms with Crippen molar-refractivity contribution in [3.05, 3.63) is 64.7 Å².